The van der Waals surface area contributed by atoms with E-state index >= 15 is 0 Å². The molecule has 0 radical (unpaired) electrons. The van der Waals surface area contributed by atoms with Crippen molar-refractivity contribution < 1.29 is 22.7 Å². The van der Waals surface area contributed by atoms with E-state index in [1.165, 1.54) is 17.0 Å². The van der Waals surface area contributed by atoms with Crippen LogP contribution in [0.3, 0.4) is 0 Å². The maximum Gasteiger partial charge on any atom is 0.264 e. The van der Waals surface area contributed by atoms with Crippen LogP contribution in [0.2, 0.25) is 0 Å². The topological polar surface area (TPSA) is 96.0 Å². The lowest BCUT2D eigenvalue weighted by atomic mass is 10.1. The van der Waals surface area contributed by atoms with Gasteiger partial charge in [-0.2, -0.15) is 0 Å². The van der Waals surface area contributed by atoms with Crippen molar-refractivity contribution in [2.45, 2.75) is 57.9 Å². The van der Waals surface area contributed by atoms with E-state index in [-0.39, 0.29) is 23.0 Å². The number of anilines is 1. The molecular formula is C32H41N3O5S. The highest BCUT2D eigenvalue weighted by Crippen LogP contribution is 2.33. The summed E-state index contributed by atoms with van der Waals surface area (Å²) in [6, 6.07) is 22.1. The maximum absolute atomic E-state index is 14.0. The molecule has 3 aromatic rings. The molecule has 1 N–H and O–H groups in total. The molecule has 8 nitrogen and oxygen atoms in total. The van der Waals surface area contributed by atoms with Gasteiger partial charge in [0.1, 0.15) is 18.3 Å². The molecule has 0 heterocycles. The van der Waals surface area contributed by atoms with E-state index in [0.717, 1.165) is 28.3 Å². The van der Waals surface area contributed by atoms with Crippen LogP contribution in [-0.2, 0) is 26.0 Å². The zero-order valence-corrected chi connectivity index (χ0v) is 25.2. The molecule has 0 spiro atoms. The Morgan fingerprint density at radius 1 is 0.927 bits per heavy atom. The molecule has 3 rings (SSSR count). The fraction of sp³-hybridized carbons (Fsp3) is 0.375. The molecule has 0 saturated heterocycles. The lowest BCUT2D eigenvalue weighted by molar-refractivity contribution is -0.138. The van der Waals surface area contributed by atoms with E-state index in [2.05, 4.69) is 5.32 Å². The number of rotatable bonds is 15. The second-order valence-electron chi connectivity index (χ2n) is 9.87. The van der Waals surface area contributed by atoms with E-state index in [4.69, 9.17) is 4.74 Å². The first-order valence-electron chi connectivity index (χ1n) is 14.1. The molecule has 3 aromatic carbocycles. The highest BCUT2D eigenvalue weighted by molar-refractivity contribution is 7.92. The summed E-state index contributed by atoms with van der Waals surface area (Å²) in [5, 5.41) is 2.90. The molecule has 0 saturated carbocycles. The van der Waals surface area contributed by atoms with E-state index in [1.54, 1.807) is 43.3 Å². The molecule has 0 unspecified atom stereocenters. The lowest BCUT2D eigenvalue weighted by Crippen LogP contribution is -2.52. The number of unbranched alkanes of at least 4 members (excludes halogenated alkanes) is 1. The van der Waals surface area contributed by atoms with Crippen LogP contribution in [0.5, 0.6) is 5.75 Å². The van der Waals surface area contributed by atoms with Gasteiger partial charge < -0.3 is 15.0 Å². The number of para-hydroxylation sites is 2. The van der Waals surface area contributed by atoms with Crippen molar-refractivity contribution in [2.24, 2.45) is 0 Å². The Morgan fingerprint density at radius 3 is 2.24 bits per heavy atom. The Morgan fingerprint density at radius 2 is 1.59 bits per heavy atom. The van der Waals surface area contributed by atoms with E-state index in [0.29, 0.717) is 25.3 Å². The number of amides is 2. The number of nitrogens with zero attached hydrogens (tertiary/aromatic N) is 2. The highest BCUT2D eigenvalue weighted by Gasteiger charge is 2.33. The first-order valence-corrected chi connectivity index (χ1v) is 15.5. The summed E-state index contributed by atoms with van der Waals surface area (Å²) in [6.07, 6.45) is 2.27. The summed E-state index contributed by atoms with van der Waals surface area (Å²) in [5.74, 6) is -0.414. The molecule has 0 fully saturated rings. The van der Waals surface area contributed by atoms with Gasteiger partial charge in [0, 0.05) is 13.1 Å². The standard InChI is InChI=1S/C32H41N3O5S/c1-5-7-22-33-32(37)26(4)34(23-21-27-13-9-8-10-14-27)31(36)24-35(29-15-11-12-16-30(29)40-6-2)41(38,39)28-19-17-25(3)18-20-28/h8-20,26H,5-7,21-24H2,1-4H3,(H,33,37)/t26-/m1/s1. The second-order valence-corrected chi connectivity index (χ2v) is 11.7. The molecule has 0 aromatic heterocycles. The molecule has 0 aliphatic heterocycles. The predicted molar refractivity (Wildman–Crippen MR) is 163 cm³/mol. The van der Waals surface area contributed by atoms with Gasteiger partial charge in [-0.05, 0) is 63.4 Å². The van der Waals surface area contributed by atoms with Crippen molar-refractivity contribution in [1.29, 1.82) is 0 Å². The summed E-state index contributed by atoms with van der Waals surface area (Å²) in [5.41, 5.74) is 2.18. The Hall–Kier alpha value is -3.85. The highest BCUT2D eigenvalue weighted by atomic mass is 32.2. The van der Waals surface area contributed by atoms with Crippen LogP contribution in [0.1, 0.15) is 44.7 Å². The van der Waals surface area contributed by atoms with Crippen LogP contribution in [0.15, 0.2) is 83.8 Å². The van der Waals surface area contributed by atoms with Crippen LogP contribution >= 0.6 is 0 Å². The second kappa shape index (κ2) is 15.2. The third kappa shape index (κ3) is 8.57. The van der Waals surface area contributed by atoms with Crippen molar-refractivity contribution >= 4 is 27.5 Å². The van der Waals surface area contributed by atoms with Crippen LogP contribution < -0.4 is 14.4 Å². The van der Waals surface area contributed by atoms with Crippen LogP contribution in [0.25, 0.3) is 0 Å². The summed E-state index contributed by atoms with van der Waals surface area (Å²) < 4.78 is 34.9. The number of benzene rings is 3. The number of sulfonamides is 1. The number of carbonyl (C=O) groups is 2. The minimum absolute atomic E-state index is 0.0587. The Kier molecular flexibility index (Phi) is 11.8. The first-order chi connectivity index (χ1) is 19.7. The fourth-order valence-electron chi connectivity index (χ4n) is 4.40. The number of nitrogens with one attached hydrogen (secondary N) is 1. The van der Waals surface area contributed by atoms with E-state index < -0.39 is 28.5 Å². The van der Waals surface area contributed by atoms with Crippen molar-refractivity contribution in [2.75, 3.05) is 30.5 Å². The fourth-order valence-corrected chi connectivity index (χ4v) is 5.82. The zero-order chi connectivity index (χ0) is 29.8. The van der Waals surface area contributed by atoms with Crippen molar-refractivity contribution in [3.05, 3.63) is 90.0 Å². The minimum Gasteiger partial charge on any atom is -0.492 e. The largest absolute Gasteiger partial charge is 0.492 e. The monoisotopic (exact) mass is 579 g/mol. The third-order valence-corrected chi connectivity index (χ3v) is 8.58. The van der Waals surface area contributed by atoms with Crippen LogP contribution in [0, 0.1) is 6.92 Å². The predicted octanol–water partition coefficient (Wildman–Crippen LogP) is 4.97. The van der Waals surface area contributed by atoms with Gasteiger partial charge >= 0.3 is 0 Å². The summed E-state index contributed by atoms with van der Waals surface area (Å²) in [7, 11) is -4.17. The first kappa shape index (κ1) is 31.7. The van der Waals surface area contributed by atoms with Crippen molar-refractivity contribution in [1.82, 2.24) is 10.2 Å². The lowest BCUT2D eigenvalue weighted by Gasteiger charge is -2.32. The SMILES string of the molecule is CCCCNC(=O)[C@@H](C)N(CCc1ccccc1)C(=O)CN(c1ccccc1OCC)S(=O)(=O)c1ccc(C)cc1. The molecule has 9 heteroatoms. The molecule has 2 amide bonds. The average molecular weight is 580 g/mol. The van der Waals surface area contributed by atoms with Crippen molar-refractivity contribution in [3.8, 4) is 5.75 Å². The number of hydrogen-bond donors (Lipinski definition) is 1. The minimum atomic E-state index is -4.17. The molecule has 0 aliphatic rings. The summed E-state index contributed by atoms with van der Waals surface area (Å²) in [6.45, 7) is 7.98. The summed E-state index contributed by atoms with van der Waals surface area (Å²) >= 11 is 0. The van der Waals surface area contributed by atoms with Gasteiger partial charge in [0.05, 0.1) is 17.2 Å². The summed E-state index contributed by atoms with van der Waals surface area (Å²) in [4.78, 5) is 28.6. The molecular weight excluding hydrogens is 538 g/mol. The number of aryl methyl sites for hydroxylation is 1. The third-order valence-electron chi connectivity index (χ3n) is 6.80. The van der Waals surface area contributed by atoms with Gasteiger partial charge in [-0.25, -0.2) is 8.42 Å². The Labute approximate surface area is 244 Å². The smallest absolute Gasteiger partial charge is 0.264 e. The van der Waals surface area contributed by atoms with Crippen LogP contribution in [0.4, 0.5) is 5.69 Å². The van der Waals surface area contributed by atoms with E-state index in [9.17, 15) is 18.0 Å². The zero-order valence-electron chi connectivity index (χ0n) is 24.4. The Bertz CT molecular complexity index is 1380. The molecule has 41 heavy (non-hydrogen) atoms. The van der Waals surface area contributed by atoms with Gasteiger partial charge in [-0.1, -0.05) is 73.5 Å². The van der Waals surface area contributed by atoms with Gasteiger partial charge in [-0.3, -0.25) is 13.9 Å². The van der Waals surface area contributed by atoms with Crippen molar-refractivity contribution in [3.63, 3.8) is 0 Å². The number of carbonyl (C=O) groups excluding carboxylic acids is 2. The number of hydrogen-bond acceptors (Lipinski definition) is 5. The number of ether oxygens (including phenoxy) is 1. The van der Waals surface area contributed by atoms with Gasteiger partial charge in [0.25, 0.3) is 10.0 Å². The maximum atomic E-state index is 14.0. The normalized spacial score (nSPS) is 11.9. The average Bonchev–Trinajstić information content (AvgIpc) is 2.97. The Balaban J connectivity index is 2.00. The molecule has 1 atom stereocenters. The van der Waals surface area contributed by atoms with E-state index in [1.807, 2.05) is 51.1 Å². The quantitative estimate of drug-likeness (QED) is 0.257. The van der Waals surface area contributed by atoms with Gasteiger partial charge in [-0.15, -0.1) is 0 Å². The molecule has 0 aliphatic carbocycles. The van der Waals surface area contributed by atoms with Gasteiger partial charge in [0.2, 0.25) is 11.8 Å². The van der Waals surface area contributed by atoms with Gasteiger partial charge in [0.15, 0.2) is 0 Å². The van der Waals surface area contributed by atoms with Crippen LogP contribution in [-0.4, -0.2) is 57.4 Å². The molecule has 0 bridgehead atoms. The molecule has 220 valence electrons.